The lowest BCUT2D eigenvalue weighted by molar-refractivity contribution is 0.0184. The van der Waals surface area contributed by atoms with Crippen molar-refractivity contribution in [1.82, 2.24) is 0 Å². The van der Waals surface area contributed by atoms with Crippen LogP contribution in [0.5, 0.6) is 0 Å². The Labute approximate surface area is 293 Å². The van der Waals surface area contributed by atoms with Crippen LogP contribution in [0.15, 0.2) is 18.2 Å². The van der Waals surface area contributed by atoms with Crippen LogP contribution in [0.1, 0.15) is 142 Å². The molecule has 12 saturated carbocycles. The highest BCUT2D eigenvalue weighted by atomic mass is 31.1. The first-order valence-electron chi connectivity index (χ1n) is 21.0. The molecule has 0 amide bonds. The van der Waals surface area contributed by atoms with Gasteiger partial charge in [-0.2, -0.15) is 0 Å². The van der Waals surface area contributed by atoms with Crippen LogP contribution >= 0.6 is 15.8 Å². The van der Waals surface area contributed by atoms with Gasteiger partial charge in [0, 0.05) is 0 Å². The van der Waals surface area contributed by atoms with Gasteiger partial charge in [-0.25, -0.2) is 0 Å². The third-order valence-corrected chi connectivity index (χ3v) is 26.7. The molecule has 0 saturated heterocycles. The van der Waals surface area contributed by atoms with Gasteiger partial charge in [0.15, 0.2) is 0 Å². The summed E-state index contributed by atoms with van der Waals surface area (Å²) >= 11 is 0. The largest absolute Gasteiger partial charge is 0.0894 e. The van der Waals surface area contributed by atoms with Crippen molar-refractivity contribution in [3.63, 3.8) is 0 Å². The first kappa shape index (κ1) is 32.0. The van der Waals surface area contributed by atoms with Crippen LogP contribution in [-0.2, 0) is 6.16 Å². The monoisotopic (exact) mass is 686 g/mol. The molecule has 47 heavy (non-hydrogen) atoms. The predicted octanol–water partition coefficient (Wildman–Crippen LogP) is 12.0. The van der Waals surface area contributed by atoms with Crippen molar-refractivity contribution in [2.75, 3.05) is 0 Å². The smallest absolute Gasteiger partial charge is 0.0776 e. The molecule has 0 nitrogen and oxygen atoms in total. The number of hydrogen-bond acceptors (Lipinski definition) is 0. The maximum Gasteiger partial charge on any atom is 0.0776 e. The Morgan fingerprint density at radius 2 is 0.894 bits per heavy atom. The number of benzene rings is 1. The summed E-state index contributed by atoms with van der Waals surface area (Å²) in [6.45, 7) is 16.0. The molecule has 0 N–H and O–H groups in total. The Balaban J connectivity index is 1.12. The normalized spacial score (nSPS) is 48.8. The Bertz CT molecular complexity index is 1260. The molecule has 13 rings (SSSR count). The quantitative estimate of drug-likeness (QED) is 0.198. The zero-order valence-electron chi connectivity index (χ0n) is 31.3. The van der Waals surface area contributed by atoms with Crippen molar-refractivity contribution < 1.29 is 0 Å². The van der Waals surface area contributed by atoms with Crippen molar-refractivity contribution in [1.29, 1.82) is 0 Å². The van der Waals surface area contributed by atoms with Crippen molar-refractivity contribution in [3.8, 4) is 0 Å². The zero-order valence-corrected chi connectivity index (χ0v) is 34.0. The maximum absolute atomic E-state index is 2.96. The predicted molar refractivity (Wildman–Crippen MR) is 209 cm³/mol. The highest BCUT2D eigenvalue weighted by molar-refractivity contribution is 7.69. The van der Waals surface area contributed by atoms with Gasteiger partial charge in [0.25, 0.3) is 0 Å². The summed E-state index contributed by atoms with van der Waals surface area (Å²) < 4.78 is 0. The van der Waals surface area contributed by atoms with Gasteiger partial charge in [-0.1, -0.05) is 79.6 Å². The van der Waals surface area contributed by atoms with Crippen LogP contribution in [0.2, 0.25) is 19.6 Å². The molecule has 0 spiro atoms. The van der Waals surface area contributed by atoms with Crippen LogP contribution in [0.3, 0.4) is 0 Å². The molecule has 0 aliphatic heterocycles. The second kappa shape index (κ2) is 10.7. The maximum atomic E-state index is 2.96. The standard InChI is InChI=1S/C44H68P2Si/c1-41(2,3)46(44-25-35-15-36(26-44)17-37(16-35)27-44)40-8-7-39(47(4,5)6)18-38(40)28-45(42-19-29-9-30(20-42)11-31(10-29)21-42)43-22-32-12-33(23-43)14-34(13-32)24-43/h7-8,18,29-37H,9-17,19-28H2,1-6H3. The van der Waals surface area contributed by atoms with E-state index in [9.17, 15) is 0 Å². The van der Waals surface area contributed by atoms with Crippen molar-refractivity contribution in [3.05, 3.63) is 23.8 Å². The van der Waals surface area contributed by atoms with E-state index in [0.29, 0.717) is 10.3 Å². The molecule has 1 aromatic carbocycles. The highest BCUT2D eigenvalue weighted by Gasteiger charge is 2.63. The Morgan fingerprint density at radius 3 is 1.21 bits per heavy atom. The Kier molecular flexibility index (Phi) is 7.27. The fraction of sp³-hybridized carbons (Fsp3) is 0.864. The third kappa shape index (κ3) is 5.19. The van der Waals surface area contributed by atoms with Gasteiger partial charge in [0.2, 0.25) is 0 Å². The Hall–Kier alpha value is 0.297. The molecule has 12 aliphatic rings. The van der Waals surface area contributed by atoms with Crippen molar-refractivity contribution >= 4 is 34.4 Å². The van der Waals surface area contributed by atoms with Crippen molar-refractivity contribution in [2.24, 2.45) is 53.3 Å². The molecule has 0 heterocycles. The molecule has 12 aliphatic carbocycles. The van der Waals surface area contributed by atoms with E-state index in [0.717, 1.165) is 63.6 Å². The summed E-state index contributed by atoms with van der Waals surface area (Å²) in [6, 6.07) is 8.52. The van der Waals surface area contributed by atoms with E-state index < -0.39 is 8.07 Å². The average molecular weight is 687 g/mol. The minimum absolute atomic E-state index is 0.0176. The van der Waals surface area contributed by atoms with E-state index in [1.165, 1.54) is 6.16 Å². The molecule has 12 fully saturated rings. The number of rotatable bonds is 7. The molecule has 0 aromatic heterocycles. The molecule has 1 atom stereocenters. The topological polar surface area (TPSA) is 0 Å². The van der Waals surface area contributed by atoms with E-state index in [1.807, 2.05) is 10.9 Å². The molecule has 12 bridgehead atoms. The highest BCUT2D eigenvalue weighted by Crippen LogP contribution is 2.80. The first-order chi connectivity index (χ1) is 22.3. The van der Waals surface area contributed by atoms with Gasteiger partial charge >= 0.3 is 0 Å². The van der Waals surface area contributed by atoms with E-state index in [2.05, 4.69) is 58.6 Å². The minimum atomic E-state index is -1.42. The van der Waals surface area contributed by atoms with Crippen LogP contribution in [0, 0.1) is 53.3 Å². The van der Waals surface area contributed by atoms with E-state index in [4.69, 9.17) is 0 Å². The summed E-state index contributed by atoms with van der Waals surface area (Å²) in [6.07, 6.45) is 30.6. The number of hydrogen-bond donors (Lipinski definition) is 0. The van der Waals surface area contributed by atoms with Gasteiger partial charge in [0.05, 0.1) is 8.07 Å². The van der Waals surface area contributed by atoms with Gasteiger partial charge in [-0.05, 0) is 206 Å². The van der Waals surface area contributed by atoms with Crippen molar-refractivity contribution in [2.45, 2.75) is 183 Å². The summed E-state index contributed by atoms with van der Waals surface area (Å²) in [7, 11) is -1.64. The van der Waals surface area contributed by atoms with Gasteiger partial charge in [-0.15, -0.1) is 0 Å². The Morgan fingerprint density at radius 1 is 0.553 bits per heavy atom. The van der Waals surface area contributed by atoms with Gasteiger partial charge in [0.1, 0.15) is 0 Å². The fourth-order valence-corrected chi connectivity index (χ4v) is 28.0. The molecule has 258 valence electrons. The fourth-order valence-electron chi connectivity index (χ4n) is 16.9. The molecular weight excluding hydrogens is 619 g/mol. The van der Waals surface area contributed by atoms with Crippen LogP contribution in [0.4, 0.5) is 0 Å². The van der Waals surface area contributed by atoms with E-state index >= 15 is 0 Å². The SMILES string of the molecule is CC(C)(C)P(c1ccc([Si](C)(C)C)cc1CP(C12CC3CC(CC(C3)C1)C2)C12CC3CC(CC(C3)C1)C2)C12CC3CC(CC(C3)C1)C2. The summed E-state index contributed by atoms with van der Waals surface area (Å²) in [5.41, 5.74) is 1.96. The minimum Gasteiger partial charge on any atom is -0.0894 e. The molecular formula is C44H68P2Si. The summed E-state index contributed by atoms with van der Waals surface area (Å²) in [5.74, 6) is 9.69. The summed E-state index contributed by atoms with van der Waals surface area (Å²) in [5, 5.41) is 6.21. The van der Waals surface area contributed by atoms with E-state index in [-0.39, 0.29) is 15.8 Å². The third-order valence-electron chi connectivity index (χ3n) is 16.8. The molecule has 1 unspecified atom stereocenters. The van der Waals surface area contributed by atoms with E-state index in [1.54, 1.807) is 121 Å². The summed E-state index contributed by atoms with van der Waals surface area (Å²) in [4.78, 5) is 0. The molecule has 0 radical (unpaired) electrons. The van der Waals surface area contributed by atoms with Crippen LogP contribution < -0.4 is 10.5 Å². The lowest BCUT2D eigenvalue weighted by Crippen LogP contribution is -2.57. The van der Waals surface area contributed by atoms with Gasteiger partial charge < -0.3 is 0 Å². The average Bonchev–Trinajstić information content (AvgIpc) is 2.93. The van der Waals surface area contributed by atoms with Gasteiger partial charge in [-0.3, -0.25) is 0 Å². The lowest BCUT2D eigenvalue weighted by atomic mass is 9.55. The first-order valence-corrected chi connectivity index (χ1v) is 27.3. The molecule has 1 aromatic rings. The zero-order chi connectivity index (χ0) is 32.1. The van der Waals surface area contributed by atoms with Crippen LogP contribution in [0.25, 0.3) is 0 Å². The second-order valence-electron chi connectivity index (χ2n) is 22.6. The van der Waals surface area contributed by atoms with Crippen LogP contribution in [-0.4, -0.2) is 28.7 Å². The molecule has 3 heteroatoms. The lowest BCUT2D eigenvalue weighted by Gasteiger charge is -2.68. The second-order valence-corrected chi connectivity index (χ2v) is 34.2.